The number of nitriles is 2. The molecule has 0 amide bonds. The van der Waals surface area contributed by atoms with Gasteiger partial charge in [0.05, 0.1) is 69.6 Å². The van der Waals surface area contributed by atoms with Gasteiger partial charge in [-0.05, 0) is 77.2 Å². The van der Waals surface area contributed by atoms with Gasteiger partial charge in [0.1, 0.15) is 43.4 Å². The van der Waals surface area contributed by atoms with Crippen LogP contribution in [-0.2, 0) is 32.9 Å². The molecule has 1 heterocycles. The molecule has 0 saturated carbocycles. The Morgan fingerprint density at radius 3 is 1.72 bits per heavy atom. The summed E-state index contributed by atoms with van der Waals surface area (Å²) < 4.78 is 25.3. The number of halogens is 2. The summed E-state index contributed by atoms with van der Waals surface area (Å²) in [7, 11) is 0. The molecule has 348 valence electrons. The van der Waals surface area contributed by atoms with Crippen molar-refractivity contribution >= 4 is 34.1 Å². The van der Waals surface area contributed by atoms with Crippen LogP contribution in [0.1, 0.15) is 44.5 Å². The van der Waals surface area contributed by atoms with E-state index in [-0.39, 0.29) is 69.3 Å². The molecule has 0 bridgehead atoms. The van der Waals surface area contributed by atoms with E-state index in [2.05, 4.69) is 27.8 Å². The van der Waals surface area contributed by atoms with E-state index in [9.17, 15) is 30.9 Å². The van der Waals surface area contributed by atoms with Crippen LogP contribution in [0.3, 0.4) is 0 Å². The van der Waals surface area contributed by atoms with E-state index in [0.717, 1.165) is 33.4 Å². The van der Waals surface area contributed by atoms with E-state index >= 15 is 0 Å². The molecule has 0 aliphatic heterocycles. The van der Waals surface area contributed by atoms with Gasteiger partial charge < -0.3 is 50.0 Å². The summed E-state index contributed by atoms with van der Waals surface area (Å²) in [4.78, 5) is 9.20. The molecule has 0 fully saturated rings. The number of hydrogen-bond donors (Lipinski definition) is 6. The SMILES string of the molecule is Cc1c(COc2cc(OCc3cccc(C#N)c3)c(CNC[C@@H](O)CO)cc2Cl)cccc1-c1cccc2c(Oc3cc(OCc4cccc(C#N)c4)c(CNC[C@@H](O)CO)cc3Cl)ncnc12. The molecule has 14 nitrogen and oxygen atoms in total. The molecule has 0 aliphatic carbocycles. The quantitative estimate of drug-likeness (QED) is 0.0379. The highest BCUT2D eigenvalue weighted by atomic mass is 35.5. The first-order valence-electron chi connectivity index (χ1n) is 21.6. The van der Waals surface area contributed by atoms with Crippen molar-refractivity contribution in [3.8, 4) is 52.1 Å². The van der Waals surface area contributed by atoms with Crippen LogP contribution in [0.25, 0.3) is 22.0 Å². The Morgan fingerprint density at radius 2 is 1.13 bits per heavy atom. The number of fused-ring (bicyclic) bond motifs is 1. The molecule has 1 aromatic heterocycles. The second kappa shape index (κ2) is 23.8. The van der Waals surface area contributed by atoms with Crippen molar-refractivity contribution in [3.05, 3.63) is 170 Å². The Hall–Kier alpha value is -6.82. The maximum absolute atomic E-state index is 9.90. The fraction of sp³-hybridized carbons (Fsp3) is 0.231. The molecule has 7 aromatic rings. The van der Waals surface area contributed by atoms with Gasteiger partial charge in [-0.15, -0.1) is 0 Å². The van der Waals surface area contributed by atoms with Gasteiger partial charge in [-0.1, -0.05) is 77.8 Å². The number of rotatable bonds is 22. The van der Waals surface area contributed by atoms with E-state index in [1.54, 1.807) is 60.7 Å². The van der Waals surface area contributed by atoms with Gasteiger partial charge in [0.15, 0.2) is 5.75 Å². The van der Waals surface area contributed by atoms with Crippen LogP contribution >= 0.6 is 23.2 Å². The minimum absolute atomic E-state index is 0.140. The van der Waals surface area contributed by atoms with E-state index in [1.807, 2.05) is 55.5 Å². The summed E-state index contributed by atoms with van der Waals surface area (Å²) in [6.07, 6.45) is -0.444. The summed E-state index contributed by atoms with van der Waals surface area (Å²) in [5, 5.41) is 64.6. The molecule has 0 saturated heterocycles. The molecule has 16 heteroatoms. The van der Waals surface area contributed by atoms with Crippen molar-refractivity contribution in [1.82, 2.24) is 20.6 Å². The Labute approximate surface area is 403 Å². The Bertz CT molecular complexity index is 2960. The van der Waals surface area contributed by atoms with E-state index < -0.39 is 12.2 Å². The Morgan fingerprint density at radius 1 is 0.603 bits per heavy atom. The lowest BCUT2D eigenvalue weighted by atomic mass is 9.95. The zero-order valence-corrected chi connectivity index (χ0v) is 38.5. The van der Waals surface area contributed by atoms with Gasteiger partial charge in [-0.3, -0.25) is 0 Å². The van der Waals surface area contributed by atoms with Crippen LogP contribution in [0.5, 0.6) is 28.9 Å². The predicted molar refractivity (Wildman–Crippen MR) is 258 cm³/mol. The fourth-order valence-corrected chi connectivity index (χ4v) is 7.76. The van der Waals surface area contributed by atoms with Gasteiger partial charge in [-0.25, -0.2) is 9.97 Å². The topological polar surface area (TPSA) is 215 Å². The number of ether oxygens (including phenoxy) is 4. The van der Waals surface area contributed by atoms with Crippen molar-refractivity contribution in [2.24, 2.45) is 0 Å². The first-order valence-corrected chi connectivity index (χ1v) is 22.3. The van der Waals surface area contributed by atoms with E-state index in [0.29, 0.717) is 62.0 Å². The highest BCUT2D eigenvalue weighted by molar-refractivity contribution is 6.32. The molecule has 6 N–H and O–H groups in total. The fourth-order valence-electron chi connectivity index (χ4n) is 7.30. The summed E-state index contributed by atoms with van der Waals surface area (Å²) in [6, 6.07) is 37.0. The zero-order chi connectivity index (χ0) is 48.0. The first-order chi connectivity index (χ1) is 33.1. The zero-order valence-electron chi connectivity index (χ0n) is 37.0. The molecule has 0 spiro atoms. The van der Waals surface area contributed by atoms with Crippen molar-refractivity contribution in [2.45, 2.75) is 52.0 Å². The number of aliphatic hydroxyl groups is 4. The minimum Gasteiger partial charge on any atom is -0.488 e. The van der Waals surface area contributed by atoms with Gasteiger partial charge in [0.25, 0.3) is 0 Å². The van der Waals surface area contributed by atoms with Crippen molar-refractivity contribution in [2.75, 3.05) is 26.3 Å². The summed E-state index contributed by atoms with van der Waals surface area (Å²) >= 11 is 13.7. The Balaban J connectivity index is 1.13. The summed E-state index contributed by atoms with van der Waals surface area (Å²) in [6.45, 7) is 2.58. The predicted octanol–water partition coefficient (Wildman–Crippen LogP) is 8.07. The number of para-hydroxylation sites is 1. The molecule has 68 heavy (non-hydrogen) atoms. The lowest BCUT2D eigenvalue weighted by Crippen LogP contribution is -2.29. The normalized spacial score (nSPS) is 12.0. The lowest BCUT2D eigenvalue weighted by Gasteiger charge is -2.18. The second-order valence-corrected chi connectivity index (χ2v) is 16.6. The molecule has 0 aliphatic rings. The maximum atomic E-state index is 9.90. The molecule has 2 atom stereocenters. The molecule has 0 radical (unpaired) electrons. The third-order valence-corrected chi connectivity index (χ3v) is 11.5. The summed E-state index contributed by atoms with van der Waals surface area (Å²) in [5.41, 5.74) is 8.18. The van der Waals surface area contributed by atoms with Gasteiger partial charge in [0.2, 0.25) is 5.88 Å². The number of aromatic nitrogens is 2. The average molecular weight is 956 g/mol. The largest absolute Gasteiger partial charge is 0.488 e. The lowest BCUT2D eigenvalue weighted by molar-refractivity contribution is 0.0941. The number of aliphatic hydroxyl groups excluding tert-OH is 4. The van der Waals surface area contributed by atoms with Crippen LogP contribution in [0, 0.1) is 29.6 Å². The van der Waals surface area contributed by atoms with Gasteiger partial charge in [-0.2, -0.15) is 10.5 Å². The van der Waals surface area contributed by atoms with Crippen molar-refractivity contribution in [1.29, 1.82) is 10.5 Å². The van der Waals surface area contributed by atoms with Crippen LogP contribution in [-0.4, -0.2) is 68.9 Å². The number of hydrogen-bond acceptors (Lipinski definition) is 14. The van der Waals surface area contributed by atoms with E-state index in [1.165, 1.54) is 6.33 Å². The molecule has 0 unspecified atom stereocenters. The monoisotopic (exact) mass is 954 g/mol. The Kier molecular flexibility index (Phi) is 17.2. The van der Waals surface area contributed by atoms with Gasteiger partial charge >= 0.3 is 0 Å². The average Bonchev–Trinajstić information content (AvgIpc) is 3.36. The highest BCUT2D eigenvalue weighted by Crippen LogP contribution is 2.40. The maximum Gasteiger partial charge on any atom is 0.230 e. The minimum atomic E-state index is -0.943. The van der Waals surface area contributed by atoms with Crippen molar-refractivity contribution < 1.29 is 39.4 Å². The van der Waals surface area contributed by atoms with Crippen LogP contribution < -0.4 is 29.6 Å². The number of nitrogens with zero attached hydrogens (tertiary/aromatic N) is 4. The highest BCUT2D eigenvalue weighted by Gasteiger charge is 2.19. The third kappa shape index (κ3) is 12.6. The molecular formula is C52H48Cl2N6O8. The second-order valence-electron chi connectivity index (χ2n) is 15.8. The number of benzene rings is 6. The molecule has 7 rings (SSSR count). The third-order valence-electron chi connectivity index (χ3n) is 10.9. The molecular weight excluding hydrogens is 908 g/mol. The van der Waals surface area contributed by atoms with Crippen LogP contribution in [0.15, 0.2) is 116 Å². The van der Waals surface area contributed by atoms with E-state index in [4.69, 9.17) is 47.1 Å². The van der Waals surface area contributed by atoms with Crippen molar-refractivity contribution in [3.63, 3.8) is 0 Å². The smallest absolute Gasteiger partial charge is 0.230 e. The first kappa shape index (κ1) is 49.1. The van der Waals surface area contributed by atoms with Gasteiger partial charge in [0, 0.05) is 55.0 Å². The molecule has 6 aromatic carbocycles. The van der Waals surface area contributed by atoms with Crippen LogP contribution in [0.2, 0.25) is 10.0 Å². The number of nitrogens with one attached hydrogen (secondary N) is 2. The van der Waals surface area contributed by atoms with Crippen LogP contribution in [0.4, 0.5) is 0 Å². The standard InChI is InChI=1S/C52H48Cl2N6O8/c1-32-37(30-67-49-18-47(65-28-35-8-2-6-33(14-35)20-55)38(16-45(49)53)22-57-24-40(63)26-61)10-4-11-42(32)43-12-5-13-44-51(43)59-31-60-52(44)68-50-19-48(66-29-36-9-3-7-34(15-36)21-56)39(17-46(50)54)23-58-25-41(64)27-62/h2-19,31,40-41,57-58,61-64H,22-30H2,1H3/t40-,41-/m1/s1. The summed E-state index contributed by atoms with van der Waals surface area (Å²) in [5.74, 6) is 1.86.